The fourth-order valence-corrected chi connectivity index (χ4v) is 1.75. The van der Waals surface area contributed by atoms with Crippen molar-refractivity contribution in [3.8, 4) is 5.88 Å². The molecule has 0 fully saturated rings. The molecule has 0 bridgehead atoms. The first kappa shape index (κ1) is 14.1. The van der Waals surface area contributed by atoms with Crippen molar-refractivity contribution in [3.05, 3.63) is 36.5 Å². The number of rotatable bonds is 5. The zero-order valence-electron chi connectivity index (χ0n) is 12.3. The summed E-state index contributed by atoms with van der Waals surface area (Å²) in [4.78, 5) is 10.6. The maximum absolute atomic E-state index is 5.09. The lowest BCUT2D eigenvalue weighted by Crippen LogP contribution is -2.25. The van der Waals surface area contributed by atoms with Crippen molar-refractivity contribution in [2.45, 2.75) is 19.9 Å². The summed E-state index contributed by atoms with van der Waals surface area (Å²) in [7, 11) is 3.66. The van der Waals surface area contributed by atoms with Crippen molar-refractivity contribution in [1.82, 2.24) is 9.97 Å². The number of anilines is 3. The van der Waals surface area contributed by atoms with Crippen molar-refractivity contribution in [3.63, 3.8) is 0 Å². The zero-order chi connectivity index (χ0) is 14.5. The van der Waals surface area contributed by atoms with Crippen molar-refractivity contribution < 1.29 is 4.74 Å². The highest BCUT2D eigenvalue weighted by Crippen LogP contribution is 2.22. The Kier molecular flexibility index (Phi) is 4.40. The topological polar surface area (TPSA) is 50.3 Å². The zero-order valence-corrected chi connectivity index (χ0v) is 12.3. The molecule has 0 saturated heterocycles. The van der Waals surface area contributed by atoms with Crippen LogP contribution in [0.4, 0.5) is 17.3 Å². The molecule has 0 aliphatic rings. The second kappa shape index (κ2) is 6.23. The van der Waals surface area contributed by atoms with Gasteiger partial charge in [-0.25, -0.2) is 4.98 Å². The van der Waals surface area contributed by atoms with Crippen LogP contribution in [0.2, 0.25) is 0 Å². The summed E-state index contributed by atoms with van der Waals surface area (Å²) in [5, 5.41) is 3.18. The van der Waals surface area contributed by atoms with E-state index in [0.29, 0.717) is 17.9 Å². The summed E-state index contributed by atoms with van der Waals surface area (Å²) in [5.41, 5.74) is 2.09. The summed E-state index contributed by atoms with van der Waals surface area (Å²) >= 11 is 0. The summed E-state index contributed by atoms with van der Waals surface area (Å²) < 4.78 is 5.09. The van der Waals surface area contributed by atoms with Crippen molar-refractivity contribution in [2.75, 3.05) is 24.4 Å². The molecule has 20 heavy (non-hydrogen) atoms. The lowest BCUT2D eigenvalue weighted by molar-refractivity contribution is 0.397. The van der Waals surface area contributed by atoms with E-state index in [2.05, 4.69) is 53.2 Å². The van der Waals surface area contributed by atoms with Gasteiger partial charge in [0.1, 0.15) is 0 Å². The third kappa shape index (κ3) is 3.38. The van der Waals surface area contributed by atoms with E-state index in [0.717, 1.165) is 11.4 Å². The molecule has 0 spiro atoms. The predicted octanol–water partition coefficient (Wildman–Crippen LogP) is 3.07. The van der Waals surface area contributed by atoms with E-state index in [1.165, 1.54) is 0 Å². The summed E-state index contributed by atoms with van der Waals surface area (Å²) in [6.07, 6.45) is 1.66. The number of hydrogen-bond donors (Lipinski definition) is 1. The van der Waals surface area contributed by atoms with Gasteiger partial charge in [-0.1, -0.05) is 6.07 Å². The van der Waals surface area contributed by atoms with Gasteiger partial charge in [-0.05, 0) is 32.0 Å². The number of benzene rings is 1. The SMILES string of the molecule is COc1ccnc(Nc2cccc(N(C)C(C)C)c2)n1. The van der Waals surface area contributed by atoms with E-state index in [4.69, 9.17) is 4.74 Å². The summed E-state index contributed by atoms with van der Waals surface area (Å²) in [5.74, 6) is 1.06. The Hall–Kier alpha value is -2.30. The number of nitrogens with one attached hydrogen (secondary N) is 1. The molecular weight excluding hydrogens is 252 g/mol. The maximum Gasteiger partial charge on any atom is 0.230 e. The van der Waals surface area contributed by atoms with Crippen LogP contribution in [0.1, 0.15) is 13.8 Å². The quantitative estimate of drug-likeness (QED) is 0.906. The maximum atomic E-state index is 5.09. The average Bonchev–Trinajstić information content (AvgIpc) is 2.47. The predicted molar refractivity (Wildman–Crippen MR) is 81.8 cm³/mol. The van der Waals surface area contributed by atoms with Crippen LogP contribution in [0.3, 0.4) is 0 Å². The van der Waals surface area contributed by atoms with Crippen molar-refractivity contribution >= 4 is 17.3 Å². The van der Waals surface area contributed by atoms with Crippen LogP contribution < -0.4 is 15.0 Å². The molecule has 0 aliphatic carbocycles. The van der Waals surface area contributed by atoms with Gasteiger partial charge >= 0.3 is 0 Å². The molecule has 1 heterocycles. The number of ether oxygens (including phenoxy) is 1. The van der Waals surface area contributed by atoms with Crippen LogP contribution in [0.5, 0.6) is 5.88 Å². The minimum absolute atomic E-state index is 0.443. The molecule has 5 heteroatoms. The van der Waals surface area contributed by atoms with Crippen LogP contribution in [0.15, 0.2) is 36.5 Å². The van der Waals surface area contributed by atoms with Gasteiger partial charge < -0.3 is 15.0 Å². The molecule has 0 radical (unpaired) electrons. The molecule has 1 N–H and O–H groups in total. The van der Waals surface area contributed by atoms with Crippen LogP contribution in [0, 0.1) is 0 Å². The minimum Gasteiger partial charge on any atom is -0.481 e. The van der Waals surface area contributed by atoms with Gasteiger partial charge in [-0.15, -0.1) is 0 Å². The number of methoxy groups -OCH3 is 1. The Labute approximate surface area is 119 Å². The first-order valence-corrected chi connectivity index (χ1v) is 6.57. The average molecular weight is 272 g/mol. The molecule has 0 unspecified atom stereocenters. The standard InChI is InChI=1S/C15H20N4O/c1-11(2)19(3)13-7-5-6-12(10-13)17-15-16-9-8-14(18-15)20-4/h5-11H,1-4H3,(H,16,17,18). The smallest absolute Gasteiger partial charge is 0.230 e. The molecule has 2 aromatic rings. The highest BCUT2D eigenvalue weighted by atomic mass is 16.5. The number of hydrogen-bond acceptors (Lipinski definition) is 5. The molecule has 5 nitrogen and oxygen atoms in total. The number of aromatic nitrogens is 2. The first-order chi connectivity index (χ1) is 9.60. The molecule has 1 aromatic carbocycles. The molecule has 0 atom stereocenters. The van der Waals surface area contributed by atoms with Crippen molar-refractivity contribution in [2.24, 2.45) is 0 Å². The molecule has 0 aliphatic heterocycles. The molecule has 2 rings (SSSR count). The Bertz CT molecular complexity index is 571. The molecule has 0 amide bonds. The van der Waals surface area contributed by atoms with Crippen LogP contribution >= 0.6 is 0 Å². The monoisotopic (exact) mass is 272 g/mol. The Balaban J connectivity index is 2.19. The second-order valence-corrected chi connectivity index (χ2v) is 4.80. The lowest BCUT2D eigenvalue weighted by Gasteiger charge is -2.24. The highest BCUT2D eigenvalue weighted by molar-refractivity contribution is 5.62. The highest BCUT2D eigenvalue weighted by Gasteiger charge is 2.06. The largest absolute Gasteiger partial charge is 0.481 e. The van der Waals surface area contributed by atoms with E-state index in [1.54, 1.807) is 19.4 Å². The van der Waals surface area contributed by atoms with Gasteiger partial charge in [0.05, 0.1) is 7.11 Å². The fourth-order valence-electron chi connectivity index (χ4n) is 1.75. The summed E-state index contributed by atoms with van der Waals surface area (Å²) in [6, 6.07) is 10.3. The van der Waals surface area contributed by atoms with E-state index >= 15 is 0 Å². The van der Waals surface area contributed by atoms with E-state index < -0.39 is 0 Å². The van der Waals surface area contributed by atoms with Gasteiger partial charge in [-0.2, -0.15) is 4.98 Å². The van der Waals surface area contributed by atoms with Gasteiger partial charge in [-0.3, -0.25) is 0 Å². The molecule has 0 saturated carbocycles. The lowest BCUT2D eigenvalue weighted by atomic mass is 10.2. The first-order valence-electron chi connectivity index (χ1n) is 6.57. The van der Waals surface area contributed by atoms with Crippen molar-refractivity contribution in [1.29, 1.82) is 0 Å². The van der Waals surface area contributed by atoms with E-state index in [1.807, 2.05) is 12.1 Å². The van der Waals surface area contributed by atoms with Crippen LogP contribution in [-0.2, 0) is 0 Å². The van der Waals surface area contributed by atoms with Gasteiger partial charge in [0, 0.05) is 36.7 Å². The van der Waals surface area contributed by atoms with E-state index in [9.17, 15) is 0 Å². The molecular formula is C15H20N4O. The minimum atomic E-state index is 0.443. The summed E-state index contributed by atoms with van der Waals surface area (Å²) in [6.45, 7) is 4.32. The third-order valence-corrected chi connectivity index (χ3v) is 3.12. The van der Waals surface area contributed by atoms with E-state index in [-0.39, 0.29) is 0 Å². The Morgan fingerprint density at radius 2 is 2.05 bits per heavy atom. The second-order valence-electron chi connectivity index (χ2n) is 4.80. The fraction of sp³-hybridized carbons (Fsp3) is 0.333. The van der Waals surface area contributed by atoms with Gasteiger partial charge in [0.2, 0.25) is 11.8 Å². The Morgan fingerprint density at radius 1 is 1.25 bits per heavy atom. The third-order valence-electron chi connectivity index (χ3n) is 3.12. The van der Waals surface area contributed by atoms with Crippen LogP contribution in [0.25, 0.3) is 0 Å². The molecule has 106 valence electrons. The van der Waals surface area contributed by atoms with Crippen LogP contribution in [-0.4, -0.2) is 30.2 Å². The van der Waals surface area contributed by atoms with Gasteiger partial charge in [0.25, 0.3) is 0 Å². The molecule has 1 aromatic heterocycles. The Morgan fingerprint density at radius 3 is 2.75 bits per heavy atom. The number of nitrogens with zero attached hydrogens (tertiary/aromatic N) is 3. The normalized spacial score (nSPS) is 10.4. The van der Waals surface area contributed by atoms with Gasteiger partial charge in [0.15, 0.2) is 0 Å².